The molecule has 0 fully saturated rings. The molecule has 0 radical (unpaired) electrons. The zero-order valence-electron chi connectivity index (χ0n) is 23.5. The molecule has 4 rings (SSSR count). The van der Waals surface area contributed by atoms with Crippen LogP contribution in [0.3, 0.4) is 0 Å². The molecule has 0 saturated carbocycles. The summed E-state index contributed by atoms with van der Waals surface area (Å²) in [5.74, 6) is 2.52. The number of nitrogens with zero attached hydrogens (tertiary/aromatic N) is 4. The summed E-state index contributed by atoms with van der Waals surface area (Å²) >= 11 is 0. The number of aliphatic hydroxyl groups is 1. The van der Waals surface area contributed by atoms with Crippen molar-refractivity contribution in [2.75, 3.05) is 19.8 Å². The van der Waals surface area contributed by atoms with E-state index in [9.17, 15) is 4.79 Å². The highest BCUT2D eigenvalue weighted by Gasteiger charge is 2.38. The van der Waals surface area contributed by atoms with Crippen LogP contribution in [-0.4, -0.2) is 58.5 Å². The average Bonchev–Trinajstić information content (AvgIpc) is 3.21. The lowest BCUT2D eigenvalue weighted by atomic mass is 9.85. The smallest absolute Gasteiger partial charge is 0.235 e. The van der Waals surface area contributed by atoms with E-state index in [1.807, 2.05) is 12.1 Å². The number of Topliss-reactive ketones (excluding diaryl/α,β-unsaturated/α-hetero) is 1. The Hall–Kier alpha value is -3.13. The minimum Gasteiger partial charge on any atom is -0.493 e. The van der Waals surface area contributed by atoms with Crippen LogP contribution < -0.4 is 4.74 Å². The van der Waals surface area contributed by atoms with Gasteiger partial charge in [-0.2, -0.15) is 10.1 Å². The van der Waals surface area contributed by atoms with E-state index in [4.69, 9.17) is 24.8 Å². The topological polar surface area (TPSA) is 87.0 Å². The van der Waals surface area contributed by atoms with E-state index in [2.05, 4.69) is 41.2 Å². The molecule has 1 aliphatic carbocycles. The third kappa shape index (κ3) is 5.96. The maximum Gasteiger partial charge on any atom is 0.235 e. The number of aliphatic hydroxyl groups excluding tert-OH is 1. The Kier molecular flexibility index (Phi) is 8.61. The summed E-state index contributed by atoms with van der Waals surface area (Å²) < 4.78 is 12.2. The van der Waals surface area contributed by atoms with Gasteiger partial charge in [-0.1, -0.05) is 41.2 Å². The predicted octanol–water partition coefficient (Wildman–Crippen LogP) is 5.73. The van der Waals surface area contributed by atoms with Crippen molar-refractivity contribution >= 4 is 17.5 Å². The molecule has 0 unspecified atom stereocenters. The third-order valence-corrected chi connectivity index (χ3v) is 7.29. The van der Waals surface area contributed by atoms with E-state index < -0.39 is 0 Å². The zero-order chi connectivity index (χ0) is 27.4. The van der Waals surface area contributed by atoms with E-state index in [1.54, 1.807) is 16.1 Å². The monoisotopic (exact) mass is 522 g/mol. The van der Waals surface area contributed by atoms with Crippen LogP contribution in [0.25, 0.3) is 0 Å². The number of ketones is 1. The fourth-order valence-corrected chi connectivity index (χ4v) is 4.87. The van der Waals surface area contributed by atoms with Gasteiger partial charge in [0.2, 0.25) is 5.90 Å². The molecule has 1 aromatic carbocycles. The first kappa shape index (κ1) is 27.9. The van der Waals surface area contributed by atoms with Gasteiger partial charge in [0, 0.05) is 29.7 Å². The number of ether oxygens (including phenoxy) is 2. The van der Waals surface area contributed by atoms with Crippen molar-refractivity contribution in [2.45, 2.75) is 91.1 Å². The number of hydrazone groups is 2. The van der Waals surface area contributed by atoms with Crippen LogP contribution in [0.1, 0.15) is 95.5 Å². The Balaban J connectivity index is 1.59. The van der Waals surface area contributed by atoms with Crippen LogP contribution in [0, 0.1) is 0 Å². The number of hydrogen-bond donors (Lipinski definition) is 1. The van der Waals surface area contributed by atoms with Gasteiger partial charge in [0.25, 0.3) is 0 Å². The number of amidine groups is 1. The average molecular weight is 523 g/mol. The summed E-state index contributed by atoms with van der Waals surface area (Å²) in [5.41, 5.74) is 3.70. The molecule has 0 amide bonds. The van der Waals surface area contributed by atoms with Gasteiger partial charge in [-0.15, -0.1) is 5.10 Å². The highest BCUT2D eigenvalue weighted by Crippen LogP contribution is 2.37. The van der Waals surface area contributed by atoms with Crippen LogP contribution in [0.4, 0.5) is 0 Å². The Morgan fingerprint density at radius 3 is 2.47 bits per heavy atom. The van der Waals surface area contributed by atoms with Gasteiger partial charge in [0.05, 0.1) is 12.7 Å². The van der Waals surface area contributed by atoms with Crippen LogP contribution >= 0.6 is 0 Å². The first-order chi connectivity index (χ1) is 18.2. The van der Waals surface area contributed by atoms with Crippen molar-refractivity contribution in [3.05, 3.63) is 52.9 Å². The van der Waals surface area contributed by atoms with Crippen LogP contribution in [0.2, 0.25) is 0 Å². The van der Waals surface area contributed by atoms with Crippen LogP contribution in [-0.2, 0) is 10.2 Å². The molecule has 0 atom stereocenters. The molecule has 8 nitrogen and oxygen atoms in total. The number of carbonyl (C=O) groups excluding carboxylic acids is 1. The molecular formula is C30H42N4O4. The minimum absolute atomic E-state index is 0.0450. The Labute approximate surface area is 226 Å². The Bertz CT molecular complexity index is 1160. The van der Waals surface area contributed by atoms with Crippen LogP contribution in [0.5, 0.6) is 5.75 Å². The first-order valence-corrected chi connectivity index (χ1v) is 13.9. The maximum absolute atomic E-state index is 13.5. The van der Waals surface area contributed by atoms with E-state index in [-0.39, 0.29) is 30.5 Å². The Morgan fingerprint density at radius 2 is 1.82 bits per heavy atom. The molecular weight excluding hydrogens is 480 g/mol. The van der Waals surface area contributed by atoms with Gasteiger partial charge in [-0.05, 0) is 67.7 Å². The summed E-state index contributed by atoms with van der Waals surface area (Å²) in [5, 5.41) is 22.2. The van der Waals surface area contributed by atoms with Crippen molar-refractivity contribution in [3.63, 3.8) is 0 Å². The van der Waals surface area contributed by atoms with Crippen molar-refractivity contribution in [2.24, 2.45) is 10.2 Å². The van der Waals surface area contributed by atoms with E-state index in [0.29, 0.717) is 36.1 Å². The van der Waals surface area contributed by atoms with Gasteiger partial charge in [-0.3, -0.25) is 4.79 Å². The summed E-state index contributed by atoms with van der Waals surface area (Å²) in [7, 11) is 0. The van der Waals surface area contributed by atoms with E-state index >= 15 is 0 Å². The molecule has 206 valence electrons. The maximum atomic E-state index is 13.5. The second-order valence-corrected chi connectivity index (χ2v) is 11.2. The fourth-order valence-electron chi connectivity index (χ4n) is 4.87. The lowest BCUT2D eigenvalue weighted by Crippen LogP contribution is -2.35. The standard InChI is InChI=1S/C30H42N4O4/c1-7-23(8-2)38-29-26-13-10-9-12-25(26)28-31-33(20(3)34(28)32-29)19-27(36)21-16-22(30(4,5)6)18-24(17-21)37-15-11-14-35/h16-18,23,35H,3,7-15,19H2,1-2,4-6H3. The normalized spacial score (nSPS) is 17.4. The highest BCUT2D eigenvalue weighted by atomic mass is 16.5. The SMILES string of the molecule is C=C1N(CC(=O)c2cc(OCCCO)cc(C(C)(C)C)c2)N=C2C3=C(CCCC3)C(OC(CC)CC)=NN12. The molecule has 3 aliphatic rings. The van der Waals surface area contributed by atoms with Gasteiger partial charge in [-0.25, -0.2) is 5.01 Å². The lowest BCUT2D eigenvalue weighted by molar-refractivity contribution is 0.0946. The molecule has 2 heterocycles. The van der Waals surface area contributed by atoms with Gasteiger partial charge >= 0.3 is 0 Å². The van der Waals surface area contributed by atoms with Crippen molar-refractivity contribution in [1.82, 2.24) is 10.0 Å². The van der Waals surface area contributed by atoms with Gasteiger partial charge in [0.15, 0.2) is 11.6 Å². The van der Waals surface area contributed by atoms with Crippen molar-refractivity contribution in [3.8, 4) is 5.75 Å². The second-order valence-electron chi connectivity index (χ2n) is 11.2. The zero-order valence-corrected chi connectivity index (χ0v) is 23.5. The summed E-state index contributed by atoms with van der Waals surface area (Å²) in [4.78, 5) is 13.5. The number of hydrogen-bond acceptors (Lipinski definition) is 8. The van der Waals surface area contributed by atoms with Gasteiger partial charge < -0.3 is 14.6 Å². The lowest BCUT2D eigenvalue weighted by Gasteiger charge is -2.31. The molecule has 0 saturated heterocycles. The number of carbonyl (C=O) groups is 1. The number of benzene rings is 1. The number of fused-ring (bicyclic) bond motifs is 2. The number of rotatable bonds is 10. The fraction of sp³-hybridized carbons (Fsp3) is 0.567. The predicted molar refractivity (Wildman–Crippen MR) is 150 cm³/mol. The van der Waals surface area contributed by atoms with E-state index in [0.717, 1.165) is 61.1 Å². The molecule has 8 heteroatoms. The summed E-state index contributed by atoms with van der Waals surface area (Å²) in [6, 6.07) is 5.68. The molecule has 0 spiro atoms. The third-order valence-electron chi connectivity index (χ3n) is 7.29. The van der Waals surface area contributed by atoms with Gasteiger partial charge in [0.1, 0.15) is 18.1 Å². The largest absolute Gasteiger partial charge is 0.493 e. The molecule has 1 N–H and O–H groups in total. The Morgan fingerprint density at radius 1 is 1.11 bits per heavy atom. The van der Waals surface area contributed by atoms with Crippen molar-refractivity contribution in [1.29, 1.82) is 0 Å². The quantitative estimate of drug-likeness (QED) is 0.312. The van der Waals surface area contributed by atoms with Crippen molar-refractivity contribution < 1.29 is 19.4 Å². The minimum atomic E-state index is -0.159. The molecule has 0 aromatic heterocycles. The summed E-state index contributed by atoms with van der Waals surface area (Å²) in [6.07, 6.45) is 6.51. The first-order valence-electron chi connectivity index (χ1n) is 13.9. The second kappa shape index (κ2) is 11.7. The molecule has 38 heavy (non-hydrogen) atoms. The molecule has 0 bridgehead atoms. The highest BCUT2D eigenvalue weighted by molar-refractivity contribution is 6.11. The summed E-state index contributed by atoms with van der Waals surface area (Å²) in [6.45, 7) is 15.3. The van der Waals surface area contributed by atoms with Crippen LogP contribution in [0.15, 0.2) is 51.9 Å². The van der Waals surface area contributed by atoms with E-state index in [1.165, 1.54) is 0 Å². The molecule has 1 aromatic rings. The molecule has 2 aliphatic heterocycles.